The number of hydrogen-bond donors (Lipinski definition) is 0. The molecule has 2 aliphatic heterocycles. The van der Waals surface area contributed by atoms with Gasteiger partial charge < -0.3 is 19.1 Å². The van der Waals surface area contributed by atoms with Gasteiger partial charge in [0.25, 0.3) is 0 Å². The molecule has 1 amide bonds. The Morgan fingerprint density at radius 3 is 2.68 bits per heavy atom. The number of methoxy groups -OCH3 is 1. The predicted octanol–water partition coefficient (Wildman–Crippen LogP) is 3.41. The monoisotopic (exact) mass is 381 g/mol. The summed E-state index contributed by atoms with van der Waals surface area (Å²) in [7, 11) is 1.64. The number of rotatable bonds is 5. The van der Waals surface area contributed by atoms with E-state index < -0.39 is 0 Å². The van der Waals surface area contributed by atoms with E-state index in [1.54, 1.807) is 30.2 Å². The Morgan fingerprint density at radius 1 is 1.04 bits per heavy atom. The Labute approximate surface area is 164 Å². The van der Waals surface area contributed by atoms with Gasteiger partial charge in [-0.05, 0) is 54.8 Å². The summed E-state index contributed by atoms with van der Waals surface area (Å²) in [6.07, 6.45) is 2.17. The normalized spacial score (nSPS) is 15.0. The molecule has 0 N–H and O–H groups in total. The molecule has 6 nitrogen and oxygen atoms in total. The van der Waals surface area contributed by atoms with E-state index in [0.29, 0.717) is 36.8 Å². The first-order chi connectivity index (χ1) is 13.7. The van der Waals surface area contributed by atoms with Crippen LogP contribution in [0.15, 0.2) is 36.4 Å². The number of nitrogens with zero attached hydrogens (tertiary/aromatic N) is 1. The van der Waals surface area contributed by atoms with E-state index in [9.17, 15) is 9.59 Å². The van der Waals surface area contributed by atoms with E-state index in [-0.39, 0.29) is 24.5 Å². The molecule has 0 unspecified atom stereocenters. The molecule has 2 aliphatic rings. The first-order valence-electron chi connectivity index (χ1n) is 9.56. The smallest absolute Gasteiger partial charge is 0.227 e. The minimum Gasteiger partial charge on any atom is -0.497 e. The first-order valence-corrected chi connectivity index (χ1v) is 9.56. The lowest BCUT2D eigenvalue weighted by Gasteiger charge is -2.29. The quantitative estimate of drug-likeness (QED) is 0.743. The van der Waals surface area contributed by atoms with Crippen LogP contribution in [0.4, 0.5) is 5.69 Å². The van der Waals surface area contributed by atoms with Crippen molar-refractivity contribution >= 4 is 17.4 Å². The molecular weight excluding hydrogens is 358 g/mol. The minimum atomic E-state index is -0.0720. The maximum absolute atomic E-state index is 12.8. The largest absolute Gasteiger partial charge is 0.497 e. The zero-order valence-corrected chi connectivity index (χ0v) is 15.9. The second-order valence-corrected chi connectivity index (χ2v) is 6.93. The lowest BCUT2D eigenvalue weighted by atomic mass is 10.00. The number of fused-ring (bicyclic) bond motifs is 2. The number of aryl methyl sites for hydroxylation is 1. The van der Waals surface area contributed by atoms with Gasteiger partial charge in [-0.3, -0.25) is 9.59 Å². The maximum atomic E-state index is 12.8. The molecule has 0 aromatic heterocycles. The number of anilines is 1. The summed E-state index contributed by atoms with van der Waals surface area (Å²) in [4.78, 5) is 27.1. The summed E-state index contributed by atoms with van der Waals surface area (Å²) in [6.45, 7) is 1.66. The minimum absolute atomic E-state index is 0.0305. The van der Waals surface area contributed by atoms with Gasteiger partial charge >= 0.3 is 0 Å². The highest BCUT2D eigenvalue weighted by atomic mass is 16.6. The first kappa shape index (κ1) is 18.3. The van der Waals surface area contributed by atoms with Crippen molar-refractivity contribution in [3.8, 4) is 17.2 Å². The topological polar surface area (TPSA) is 65.1 Å². The van der Waals surface area contributed by atoms with Crippen molar-refractivity contribution in [1.29, 1.82) is 0 Å². The lowest BCUT2D eigenvalue weighted by Crippen LogP contribution is -2.35. The van der Waals surface area contributed by atoms with Gasteiger partial charge in [0.15, 0.2) is 17.3 Å². The number of ketones is 1. The SMILES string of the molecule is COc1ccc2c(c1)CCCN2C(=O)CCC(=O)c1ccc2c(c1)OCCO2. The Morgan fingerprint density at radius 2 is 1.86 bits per heavy atom. The second kappa shape index (κ2) is 7.92. The van der Waals surface area contributed by atoms with Crippen LogP contribution < -0.4 is 19.1 Å². The third-order valence-electron chi connectivity index (χ3n) is 5.14. The second-order valence-electron chi connectivity index (χ2n) is 6.93. The standard InChI is InChI=1S/C22H23NO5/c1-26-17-5-6-18-15(13-17)3-2-10-23(18)22(25)9-7-19(24)16-4-8-20-21(14-16)28-12-11-27-20/h4-6,8,13-14H,2-3,7,9-12H2,1H3. The summed E-state index contributed by atoms with van der Waals surface area (Å²) in [5.74, 6) is 1.93. The van der Waals surface area contributed by atoms with Gasteiger partial charge in [-0.15, -0.1) is 0 Å². The van der Waals surface area contributed by atoms with Crippen molar-refractivity contribution in [1.82, 2.24) is 0 Å². The van der Waals surface area contributed by atoms with Crippen LogP contribution in [-0.4, -0.2) is 38.6 Å². The van der Waals surface area contributed by atoms with Gasteiger partial charge in [0.1, 0.15) is 19.0 Å². The molecule has 28 heavy (non-hydrogen) atoms. The van der Waals surface area contributed by atoms with Crippen LogP contribution >= 0.6 is 0 Å². The van der Waals surface area contributed by atoms with E-state index in [1.807, 2.05) is 18.2 Å². The molecular formula is C22H23NO5. The van der Waals surface area contributed by atoms with Crippen LogP contribution in [0.5, 0.6) is 17.2 Å². The molecule has 2 heterocycles. The Balaban J connectivity index is 1.42. The third-order valence-corrected chi connectivity index (χ3v) is 5.14. The van der Waals surface area contributed by atoms with Gasteiger partial charge in [0.2, 0.25) is 5.91 Å². The molecule has 2 aromatic carbocycles. The van der Waals surface area contributed by atoms with Gasteiger partial charge in [0, 0.05) is 30.6 Å². The van der Waals surface area contributed by atoms with Crippen LogP contribution in [0.3, 0.4) is 0 Å². The van der Waals surface area contributed by atoms with Crippen LogP contribution in [0.25, 0.3) is 0 Å². The molecule has 6 heteroatoms. The van der Waals surface area contributed by atoms with E-state index in [4.69, 9.17) is 14.2 Å². The van der Waals surface area contributed by atoms with Crippen molar-refractivity contribution in [2.24, 2.45) is 0 Å². The number of hydrogen-bond acceptors (Lipinski definition) is 5. The van der Waals surface area contributed by atoms with Gasteiger partial charge in [-0.2, -0.15) is 0 Å². The van der Waals surface area contributed by atoms with Crippen LogP contribution in [0.2, 0.25) is 0 Å². The molecule has 0 bridgehead atoms. The highest BCUT2D eigenvalue weighted by molar-refractivity contribution is 6.01. The zero-order chi connectivity index (χ0) is 19.5. The number of carbonyl (C=O) groups is 2. The molecule has 0 aliphatic carbocycles. The van der Waals surface area contributed by atoms with Crippen molar-refractivity contribution < 1.29 is 23.8 Å². The fraction of sp³-hybridized carbons (Fsp3) is 0.364. The molecule has 146 valence electrons. The highest BCUT2D eigenvalue weighted by Gasteiger charge is 2.24. The van der Waals surface area contributed by atoms with Crippen molar-refractivity contribution in [3.05, 3.63) is 47.5 Å². The lowest BCUT2D eigenvalue weighted by molar-refractivity contribution is -0.118. The molecule has 0 radical (unpaired) electrons. The van der Waals surface area contributed by atoms with Crippen LogP contribution in [0, 0.1) is 0 Å². The van der Waals surface area contributed by atoms with Crippen molar-refractivity contribution in [2.75, 3.05) is 31.8 Å². The fourth-order valence-electron chi connectivity index (χ4n) is 3.68. The Kier molecular flexibility index (Phi) is 5.19. The van der Waals surface area contributed by atoms with E-state index >= 15 is 0 Å². The van der Waals surface area contributed by atoms with E-state index in [1.165, 1.54) is 0 Å². The third kappa shape index (κ3) is 3.67. The molecule has 0 saturated heterocycles. The van der Waals surface area contributed by atoms with E-state index in [2.05, 4.69) is 0 Å². The predicted molar refractivity (Wildman–Crippen MR) is 105 cm³/mol. The summed E-state index contributed by atoms with van der Waals surface area (Å²) < 4.78 is 16.3. The number of ether oxygens (including phenoxy) is 3. The van der Waals surface area contributed by atoms with Crippen LogP contribution in [-0.2, 0) is 11.2 Å². The molecule has 2 aromatic rings. The summed E-state index contributed by atoms with van der Waals surface area (Å²) in [6, 6.07) is 10.9. The molecule has 0 saturated carbocycles. The zero-order valence-electron chi connectivity index (χ0n) is 15.9. The molecule has 4 rings (SSSR count). The highest BCUT2D eigenvalue weighted by Crippen LogP contribution is 2.32. The van der Waals surface area contributed by atoms with Gasteiger partial charge in [0.05, 0.1) is 7.11 Å². The number of amides is 1. The van der Waals surface area contributed by atoms with Crippen molar-refractivity contribution in [2.45, 2.75) is 25.7 Å². The van der Waals surface area contributed by atoms with Gasteiger partial charge in [-0.1, -0.05) is 0 Å². The Bertz CT molecular complexity index is 908. The fourth-order valence-corrected chi connectivity index (χ4v) is 3.68. The molecule has 0 spiro atoms. The average Bonchev–Trinajstić information content (AvgIpc) is 2.76. The van der Waals surface area contributed by atoms with Gasteiger partial charge in [-0.25, -0.2) is 0 Å². The molecule has 0 fully saturated rings. The number of benzene rings is 2. The van der Waals surface area contributed by atoms with Crippen LogP contribution in [0.1, 0.15) is 35.2 Å². The van der Waals surface area contributed by atoms with E-state index in [0.717, 1.165) is 29.8 Å². The maximum Gasteiger partial charge on any atom is 0.227 e. The average molecular weight is 381 g/mol. The van der Waals surface area contributed by atoms with Crippen molar-refractivity contribution in [3.63, 3.8) is 0 Å². The summed E-state index contributed by atoms with van der Waals surface area (Å²) in [5, 5.41) is 0. The summed E-state index contributed by atoms with van der Waals surface area (Å²) in [5.41, 5.74) is 2.57. The summed E-state index contributed by atoms with van der Waals surface area (Å²) >= 11 is 0. The Hall–Kier alpha value is -3.02. The number of carbonyl (C=O) groups excluding carboxylic acids is 2. The number of Topliss-reactive ketones (excluding diaryl/α,β-unsaturated/α-hetero) is 1. The molecule has 0 atom stereocenters.